The van der Waals surface area contributed by atoms with Gasteiger partial charge in [-0.05, 0) is 38.6 Å². The zero-order valence-electron chi connectivity index (χ0n) is 12.5. The molecule has 106 valence electrons. The van der Waals surface area contributed by atoms with E-state index in [9.17, 15) is 4.79 Å². The summed E-state index contributed by atoms with van der Waals surface area (Å²) >= 11 is 0. The number of hydrogen-bond donors (Lipinski definition) is 2. The van der Waals surface area contributed by atoms with Crippen LogP contribution in [0.4, 0.5) is 0 Å². The monoisotopic (exact) mass is 254 g/mol. The molecule has 0 spiro atoms. The molecule has 0 aromatic carbocycles. The quantitative estimate of drug-likeness (QED) is 0.765. The lowest BCUT2D eigenvalue weighted by Crippen LogP contribution is -2.52. The molecule has 1 fully saturated rings. The van der Waals surface area contributed by atoms with Gasteiger partial charge in [0.1, 0.15) is 0 Å². The minimum Gasteiger partial charge on any atom is -0.355 e. The summed E-state index contributed by atoms with van der Waals surface area (Å²) in [5.41, 5.74) is -0.449. The van der Waals surface area contributed by atoms with Gasteiger partial charge in [0.05, 0.1) is 5.54 Å². The van der Waals surface area contributed by atoms with Crippen LogP contribution in [-0.2, 0) is 4.79 Å². The van der Waals surface area contributed by atoms with Crippen LogP contribution in [0.2, 0.25) is 0 Å². The van der Waals surface area contributed by atoms with Gasteiger partial charge >= 0.3 is 0 Å². The largest absolute Gasteiger partial charge is 0.355 e. The van der Waals surface area contributed by atoms with E-state index in [4.69, 9.17) is 0 Å². The van der Waals surface area contributed by atoms with E-state index in [1.54, 1.807) is 0 Å². The lowest BCUT2D eigenvalue weighted by atomic mass is 9.81. The molecular weight excluding hydrogens is 224 g/mol. The number of carbonyl (C=O) groups excluding carboxylic acids is 1. The van der Waals surface area contributed by atoms with Crippen LogP contribution in [0.3, 0.4) is 0 Å². The molecule has 0 atom stereocenters. The molecule has 3 nitrogen and oxygen atoms in total. The minimum absolute atomic E-state index is 0.119. The summed E-state index contributed by atoms with van der Waals surface area (Å²) in [5, 5.41) is 6.27. The fourth-order valence-corrected chi connectivity index (χ4v) is 2.75. The summed E-state index contributed by atoms with van der Waals surface area (Å²) < 4.78 is 0. The van der Waals surface area contributed by atoms with E-state index < -0.39 is 5.54 Å². The Morgan fingerprint density at radius 2 is 1.83 bits per heavy atom. The fraction of sp³-hybridized carbons (Fsp3) is 0.933. The normalized spacial score (nSPS) is 24.9. The predicted octanol–water partition coefficient (Wildman–Crippen LogP) is 2.71. The maximum Gasteiger partial charge on any atom is 0.239 e. The molecule has 1 rings (SSSR count). The van der Waals surface area contributed by atoms with E-state index in [0.29, 0.717) is 0 Å². The van der Waals surface area contributed by atoms with Crippen molar-refractivity contribution in [1.29, 1.82) is 0 Å². The Balaban J connectivity index is 2.19. The van der Waals surface area contributed by atoms with E-state index in [-0.39, 0.29) is 5.91 Å². The molecule has 0 aliphatic heterocycles. The second-order valence-electron chi connectivity index (χ2n) is 6.33. The molecular formula is C15H30N2O. The highest BCUT2D eigenvalue weighted by atomic mass is 16.2. The Morgan fingerprint density at radius 1 is 1.22 bits per heavy atom. The van der Waals surface area contributed by atoms with Gasteiger partial charge in [0.25, 0.3) is 0 Å². The standard InChI is InChI=1S/C15H30N2O/c1-5-17-15(3,4)14(18)16-11-10-13-8-6-12(2)7-9-13/h12-13,17H,5-11H2,1-4H3,(H,16,18). The van der Waals surface area contributed by atoms with Crippen molar-refractivity contribution in [3.8, 4) is 0 Å². The highest BCUT2D eigenvalue weighted by Crippen LogP contribution is 2.29. The predicted molar refractivity (Wildman–Crippen MR) is 76.5 cm³/mol. The summed E-state index contributed by atoms with van der Waals surface area (Å²) in [5.74, 6) is 1.85. The molecule has 18 heavy (non-hydrogen) atoms. The summed E-state index contributed by atoms with van der Waals surface area (Å²) in [4.78, 5) is 12.0. The third-order valence-corrected chi connectivity index (χ3v) is 4.16. The van der Waals surface area contributed by atoms with Gasteiger partial charge in [-0.3, -0.25) is 4.79 Å². The molecule has 0 unspecified atom stereocenters. The first-order valence-electron chi connectivity index (χ1n) is 7.49. The van der Waals surface area contributed by atoms with E-state index in [2.05, 4.69) is 17.6 Å². The van der Waals surface area contributed by atoms with Crippen LogP contribution in [0.1, 0.15) is 59.8 Å². The molecule has 0 saturated heterocycles. The zero-order chi connectivity index (χ0) is 13.6. The number of rotatable bonds is 6. The first-order chi connectivity index (χ1) is 8.45. The minimum atomic E-state index is -0.449. The molecule has 0 aromatic rings. The Labute approximate surface area is 112 Å². The van der Waals surface area contributed by atoms with E-state index in [1.807, 2.05) is 20.8 Å². The van der Waals surface area contributed by atoms with Crippen molar-refractivity contribution in [2.75, 3.05) is 13.1 Å². The summed E-state index contributed by atoms with van der Waals surface area (Å²) in [6.45, 7) is 9.89. The zero-order valence-corrected chi connectivity index (χ0v) is 12.5. The number of likely N-dealkylation sites (N-methyl/N-ethyl adjacent to an activating group) is 1. The third kappa shape index (κ3) is 4.97. The van der Waals surface area contributed by atoms with Crippen LogP contribution < -0.4 is 10.6 Å². The van der Waals surface area contributed by atoms with Gasteiger partial charge in [0.15, 0.2) is 0 Å². The number of hydrogen-bond acceptors (Lipinski definition) is 2. The van der Waals surface area contributed by atoms with Crippen LogP contribution in [0.15, 0.2) is 0 Å². The van der Waals surface area contributed by atoms with Crippen molar-refractivity contribution in [3.05, 3.63) is 0 Å². The van der Waals surface area contributed by atoms with Crippen molar-refractivity contribution in [2.45, 2.75) is 65.3 Å². The average Bonchev–Trinajstić information content (AvgIpc) is 2.31. The van der Waals surface area contributed by atoms with Gasteiger partial charge in [-0.2, -0.15) is 0 Å². The molecule has 1 saturated carbocycles. The Kier molecular flexibility index (Phi) is 6.13. The number of carbonyl (C=O) groups is 1. The lowest BCUT2D eigenvalue weighted by molar-refractivity contribution is -0.126. The van der Waals surface area contributed by atoms with Gasteiger partial charge in [-0.15, -0.1) is 0 Å². The first-order valence-corrected chi connectivity index (χ1v) is 7.49. The van der Waals surface area contributed by atoms with Crippen molar-refractivity contribution < 1.29 is 4.79 Å². The maximum absolute atomic E-state index is 12.0. The second kappa shape index (κ2) is 7.13. The van der Waals surface area contributed by atoms with E-state index in [1.165, 1.54) is 25.7 Å². The molecule has 3 heteroatoms. The van der Waals surface area contributed by atoms with Crippen LogP contribution in [0.5, 0.6) is 0 Å². The van der Waals surface area contributed by atoms with E-state index >= 15 is 0 Å². The molecule has 0 aromatic heterocycles. The highest BCUT2D eigenvalue weighted by Gasteiger charge is 2.26. The fourth-order valence-electron chi connectivity index (χ4n) is 2.75. The average molecular weight is 254 g/mol. The Morgan fingerprint density at radius 3 is 2.39 bits per heavy atom. The van der Waals surface area contributed by atoms with Gasteiger partial charge in [0, 0.05) is 6.54 Å². The van der Waals surface area contributed by atoms with Crippen LogP contribution in [0.25, 0.3) is 0 Å². The third-order valence-electron chi connectivity index (χ3n) is 4.16. The van der Waals surface area contributed by atoms with Crippen molar-refractivity contribution >= 4 is 5.91 Å². The molecule has 1 aliphatic rings. The first kappa shape index (κ1) is 15.5. The van der Waals surface area contributed by atoms with E-state index in [0.717, 1.165) is 31.3 Å². The molecule has 1 aliphatic carbocycles. The molecule has 0 heterocycles. The van der Waals surface area contributed by atoms with Crippen LogP contribution in [-0.4, -0.2) is 24.5 Å². The second-order valence-corrected chi connectivity index (χ2v) is 6.33. The van der Waals surface area contributed by atoms with Crippen molar-refractivity contribution in [3.63, 3.8) is 0 Å². The summed E-state index contributed by atoms with van der Waals surface area (Å²) in [6.07, 6.45) is 6.55. The summed E-state index contributed by atoms with van der Waals surface area (Å²) in [7, 11) is 0. The molecule has 1 amide bonds. The van der Waals surface area contributed by atoms with Crippen molar-refractivity contribution in [2.24, 2.45) is 11.8 Å². The summed E-state index contributed by atoms with van der Waals surface area (Å²) in [6, 6.07) is 0. The number of amides is 1. The van der Waals surface area contributed by atoms with Gasteiger partial charge in [0.2, 0.25) is 5.91 Å². The van der Waals surface area contributed by atoms with Gasteiger partial charge in [-0.25, -0.2) is 0 Å². The smallest absolute Gasteiger partial charge is 0.239 e. The highest BCUT2D eigenvalue weighted by molar-refractivity contribution is 5.85. The SMILES string of the molecule is CCNC(C)(C)C(=O)NCCC1CCC(C)CC1. The van der Waals surface area contributed by atoms with Crippen molar-refractivity contribution in [1.82, 2.24) is 10.6 Å². The van der Waals surface area contributed by atoms with Gasteiger partial charge < -0.3 is 10.6 Å². The van der Waals surface area contributed by atoms with Crippen LogP contribution >= 0.6 is 0 Å². The maximum atomic E-state index is 12.0. The van der Waals surface area contributed by atoms with Crippen LogP contribution in [0, 0.1) is 11.8 Å². The topological polar surface area (TPSA) is 41.1 Å². The lowest BCUT2D eigenvalue weighted by Gasteiger charge is -2.27. The Bertz CT molecular complexity index is 255. The van der Waals surface area contributed by atoms with Gasteiger partial charge in [-0.1, -0.05) is 39.5 Å². The molecule has 2 N–H and O–H groups in total. The number of nitrogens with one attached hydrogen (secondary N) is 2. The molecule has 0 bridgehead atoms. The Hall–Kier alpha value is -0.570. The molecule has 0 radical (unpaired) electrons.